The Morgan fingerprint density at radius 1 is 1.38 bits per heavy atom. The van der Waals surface area contributed by atoms with E-state index in [0.717, 1.165) is 16.9 Å². The number of aromatic nitrogens is 2. The quantitative estimate of drug-likeness (QED) is 0.816. The largest absolute Gasteiger partial charge is 0.497 e. The van der Waals surface area contributed by atoms with Crippen LogP contribution in [0, 0.1) is 0 Å². The van der Waals surface area contributed by atoms with Gasteiger partial charge in [-0.25, -0.2) is 9.78 Å². The summed E-state index contributed by atoms with van der Waals surface area (Å²) in [5.74, 6) is 1.24. The Balaban J connectivity index is 1.90. The highest BCUT2D eigenvalue weighted by atomic mass is 35.5. The molecule has 0 radical (unpaired) electrons. The molecule has 1 amide bonds. The predicted molar refractivity (Wildman–Crippen MR) is 76.4 cm³/mol. The van der Waals surface area contributed by atoms with Crippen LogP contribution in [-0.2, 0) is 17.9 Å². The molecule has 1 aromatic heterocycles. The minimum Gasteiger partial charge on any atom is -0.497 e. The van der Waals surface area contributed by atoms with Gasteiger partial charge in [0.15, 0.2) is 0 Å². The third kappa shape index (κ3) is 2.75. The van der Waals surface area contributed by atoms with Crippen molar-refractivity contribution in [1.82, 2.24) is 9.97 Å². The molecule has 1 aromatic carbocycles. The van der Waals surface area contributed by atoms with Gasteiger partial charge in [0, 0.05) is 6.20 Å². The van der Waals surface area contributed by atoms with Gasteiger partial charge in [-0.1, -0.05) is 12.1 Å². The van der Waals surface area contributed by atoms with Gasteiger partial charge in [-0.05, 0) is 29.3 Å². The summed E-state index contributed by atoms with van der Waals surface area (Å²) < 4.78 is 10.2. The van der Waals surface area contributed by atoms with Crippen LogP contribution in [0.2, 0.25) is 5.28 Å². The maximum atomic E-state index is 12.0. The van der Waals surface area contributed by atoms with Gasteiger partial charge in [-0.15, -0.1) is 0 Å². The minimum atomic E-state index is -0.451. The molecular formula is C14H12ClN3O3. The van der Waals surface area contributed by atoms with E-state index in [-0.39, 0.29) is 11.9 Å². The first-order valence-corrected chi connectivity index (χ1v) is 6.64. The summed E-state index contributed by atoms with van der Waals surface area (Å²) in [4.78, 5) is 21.4. The lowest BCUT2D eigenvalue weighted by Crippen LogP contribution is -2.36. The van der Waals surface area contributed by atoms with Crippen LogP contribution in [0.1, 0.15) is 11.1 Å². The van der Waals surface area contributed by atoms with Crippen LogP contribution in [0.3, 0.4) is 0 Å². The second kappa shape index (κ2) is 5.57. The van der Waals surface area contributed by atoms with Gasteiger partial charge in [0.05, 0.1) is 19.2 Å². The summed E-state index contributed by atoms with van der Waals surface area (Å²) in [6.07, 6.45) is 1.12. The van der Waals surface area contributed by atoms with Crippen molar-refractivity contribution in [3.8, 4) is 5.75 Å². The zero-order valence-electron chi connectivity index (χ0n) is 11.2. The van der Waals surface area contributed by atoms with Gasteiger partial charge in [-0.2, -0.15) is 4.98 Å². The minimum absolute atomic E-state index is 0.100. The molecule has 0 saturated heterocycles. The van der Waals surface area contributed by atoms with E-state index in [9.17, 15) is 4.79 Å². The first-order valence-electron chi connectivity index (χ1n) is 6.26. The molecule has 2 heterocycles. The molecule has 0 bridgehead atoms. The molecule has 0 N–H and O–H groups in total. The summed E-state index contributed by atoms with van der Waals surface area (Å²) in [6, 6.07) is 7.42. The fourth-order valence-electron chi connectivity index (χ4n) is 2.07. The molecule has 0 fully saturated rings. The molecule has 1 aliphatic rings. The normalized spacial score (nSPS) is 13.6. The Morgan fingerprint density at radius 3 is 2.86 bits per heavy atom. The average Bonchev–Trinajstić information content (AvgIpc) is 2.51. The van der Waals surface area contributed by atoms with Crippen LogP contribution < -0.4 is 9.64 Å². The lowest BCUT2D eigenvalue weighted by atomic mass is 10.2. The summed E-state index contributed by atoms with van der Waals surface area (Å²) in [7, 11) is 1.60. The number of hydrogen-bond donors (Lipinski definition) is 0. The Labute approximate surface area is 126 Å². The molecule has 21 heavy (non-hydrogen) atoms. The Hall–Kier alpha value is -2.34. The van der Waals surface area contributed by atoms with Crippen LogP contribution in [0.25, 0.3) is 0 Å². The number of carbonyl (C=O) groups excluding carboxylic acids is 1. The van der Waals surface area contributed by atoms with Crippen LogP contribution >= 0.6 is 11.6 Å². The van der Waals surface area contributed by atoms with Gasteiger partial charge in [-0.3, -0.25) is 4.90 Å². The molecule has 7 heteroatoms. The van der Waals surface area contributed by atoms with Gasteiger partial charge in [0.2, 0.25) is 5.28 Å². The number of cyclic esters (lactones) is 1. The molecule has 1 aliphatic heterocycles. The fourth-order valence-corrected chi connectivity index (χ4v) is 2.20. The molecule has 0 atom stereocenters. The van der Waals surface area contributed by atoms with Crippen LogP contribution in [0.15, 0.2) is 30.5 Å². The number of fused-ring (bicyclic) bond motifs is 1. The highest BCUT2D eigenvalue weighted by Crippen LogP contribution is 2.27. The lowest BCUT2D eigenvalue weighted by molar-refractivity contribution is 0.140. The SMILES string of the molecule is COc1ccc(CN2C(=O)OCc3cnc(Cl)nc32)cc1. The number of halogens is 1. The number of benzene rings is 1. The number of methoxy groups -OCH3 is 1. The topological polar surface area (TPSA) is 64.5 Å². The number of amides is 1. The van der Waals surface area contributed by atoms with E-state index in [1.165, 1.54) is 4.90 Å². The van der Waals surface area contributed by atoms with Crippen LogP contribution in [0.4, 0.5) is 10.6 Å². The van der Waals surface area contributed by atoms with Crippen molar-refractivity contribution in [3.63, 3.8) is 0 Å². The molecule has 2 aromatic rings. The second-order valence-electron chi connectivity index (χ2n) is 4.48. The number of nitrogens with zero attached hydrogens (tertiary/aromatic N) is 3. The van der Waals surface area contributed by atoms with Gasteiger partial charge in [0.1, 0.15) is 18.2 Å². The maximum absolute atomic E-state index is 12.0. The lowest BCUT2D eigenvalue weighted by Gasteiger charge is -2.27. The Morgan fingerprint density at radius 2 is 2.14 bits per heavy atom. The van der Waals surface area contributed by atoms with Crippen molar-refractivity contribution in [3.05, 3.63) is 46.9 Å². The highest BCUT2D eigenvalue weighted by molar-refractivity contribution is 6.28. The van der Waals surface area contributed by atoms with Gasteiger partial charge in [0.25, 0.3) is 0 Å². The van der Waals surface area contributed by atoms with Crippen molar-refractivity contribution >= 4 is 23.5 Å². The van der Waals surface area contributed by atoms with Crippen molar-refractivity contribution in [2.24, 2.45) is 0 Å². The number of carbonyl (C=O) groups is 1. The summed E-state index contributed by atoms with van der Waals surface area (Å²) in [5, 5.41) is 0.100. The van der Waals surface area contributed by atoms with E-state index in [1.807, 2.05) is 24.3 Å². The molecule has 3 rings (SSSR count). The first kappa shape index (κ1) is 13.6. The fraction of sp³-hybridized carbons (Fsp3) is 0.214. The number of anilines is 1. The number of ether oxygens (including phenoxy) is 2. The van der Waals surface area contributed by atoms with E-state index >= 15 is 0 Å². The van der Waals surface area contributed by atoms with Crippen LogP contribution in [0.5, 0.6) is 5.75 Å². The van der Waals surface area contributed by atoms with E-state index in [2.05, 4.69) is 9.97 Å². The van der Waals surface area contributed by atoms with E-state index < -0.39 is 6.09 Å². The molecule has 6 nitrogen and oxygen atoms in total. The third-order valence-corrected chi connectivity index (χ3v) is 3.32. The zero-order valence-corrected chi connectivity index (χ0v) is 12.0. The Kier molecular flexibility index (Phi) is 3.62. The monoisotopic (exact) mass is 305 g/mol. The first-order chi connectivity index (χ1) is 10.2. The predicted octanol–water partition coefficient (Wildman–Crippen LogP) is 2.80. The Bertz CT molecular complexity index is 676. The molecular weight excluding hydrogens is 294 g/mol. The summed E-state index contributed by atoms with van der Waals surface area (Å²) in [6.45, 7) is 0.494. The molecule has 0 unspecified atom stereocenters. The van der Waals surface area contributed by atoms with E-state index in [1.54, 1.807) is 13.3 Å². The van der Waals surface area contributed by atoms with Gasteiger partial charge < -0.3 is 9.47 Å². The van der Waals surface area contributed by atoms with Crippen molar-refractivity contribution < 1.29 is 14.3 Å². The van der Waals surface area contributed by atoms with E-state index in [4.69, 9.17) is 21.1 Å². The third-order valence-electron chi connectivity index (χ3n) is 3.14. The summed E-state index contributed by atoms with van der Waals surface area (Å²) >= 11 is 5.81. The van der Waals surface area contributed by atoms with Crippen LogP contribution in [-0.4, -0.2) is 23.2 Å². The molecule has 0 aliphatic carbocycles. The maximum Gasteiger partial charge on any atom is 0.416 e. The number of rotatable bonds is 3. The summed E-state index contributed by atoms with van der Waals surface area (Å²) in [5.41, 5.74) is 1.66. The van der Waals surface area contributed by atoms with Crippen molar-refractivity contribution in [1.29, 1.82) is 0 Å². The van der Waals surface area contributed by atoms with Crippen molar-refractivity contribution in [2.45, 2.75) is 13.2 Å². The molecule has 0 saturated carbocycles. The molecule has 108 valence electrons. The zero-order chi connectivity index (χ0) is 14.8. The van der Waals surface area contributed by atoms with Crippen molar-refractivity contribution in [2.75, 3.05) is 12.0 Å². The number of hydrogen-bond acceptors (Lipinski definition) is 5. The molecule has 0 spiro atoms. The second-order valence-corrected chi connectivity index (χ2v) is 4.81. The van der Waals surface area contributed by atoms with Gasteiger partial charge >= 0.3 is 6.09 Å². The smallest absolute Gasteiger partial charge is 0.416 e. The highest BCUT2D eigenvalue weighted by Gasteiger charge is 2.27. The van der Waals surface area contributed by atoms with E-state index in [0.29, 0.717) is 12.4 Å². The average molecular weight is 306 g/mol. The standard InChI is InChI=1S/C14H12ClN3O3/c1-20-11-4-2-9(3-5-11)7-18-12-10(8-21-14(18)19)6-16-13(15)17-12/h2-6H,7-8H2,1H3.